The quantitative estimate of drug-likeness (QED) is 0.381. The topological polar surface area (TPSA) is 79.8 Å². The number of imidazole rings is 1. The minimum absolute atomic E-state index is 0.0743. The Hall–Kier alpha value is -3.78. The van der Waals surface area contributed by atoms with Crippen LogP contribution in [-0.2, 0) is 4.79 Å². The number of methoxy groups -OCH3 is 2. The van der Waals surface area contributed by atoms with E-state index in [0.717, 1.165) is 39.4 Å². The molecule has 8 heteroatoms. The van der Waals surface area contributed by atoms with Gasteiger partial charge >= 0.3 is 0 Å². The molecule has 1 N–H and O–H groups in total. The molecule has 1 aliphatic rings. The number of H-pyrrole nitrogens is 1. The Morgan fingerprint density at radius 3 is 2.35 bits per heavy atom. The lowest BCUT2D eigenvalue weighted by atomic mass is 9.98. The van der Waals surface area contributed by atoms with E-state index in [-0.39, 0.29) is 17.7 Å². The van der Waals surface area contributed by atoms with Crippen LogP contribution in [0.5, 0.6) is 11.5 Å². The van der Waals surface area contributed by atoms with E-state index in [2.05, 4.69) is 9.97 Å². The van der Waals surface area contributed by atoms with Gasteiger partial charge in [0.25, 0.3) is 5.91 Å². The maximum atomic E-state index is 13.3. The van der Waals surface area contributed by atoms with Crippen molar-refractivity contribution in [3.63, 3.8) is 0 Å². The summed E-state index contributed by atoms with van der Waals surface area (Å²) in [6, 6.07) is 23.2. The third kappa shape index (κ3) is 4.49. The molecule has 1 aliphatic heterocycles. The van der Waals surface area contributed by atoms with E-state index >= 15 is 0 Å². The van der Waals surface area contributed by atoms with Crippen molar-refractivity contribution in [2.45, 2.75) is 17.6 Å². The van der Waals surface area contributed by atoms with E-state index in [1.54, 1.807) is 19.2 Å². The van der Waals surface area contributed by atoms with Crippen LogP contribution < -0.4 is 9.47 Å². The summed E-state index contributed by atoms with van der Waals surface area (Å²) in [6.07, 6.45) is 0.625. The van der Waals surface area contributed by atoms with Gasteiger partial charge in [0.05, 0.1) is 42.8 Å². The molecule has 0 spiro atoms. The van der Waals surface area contributed by atoms with Gasteiger partial charge in [-0.2, -0.15) is 5.10 Å². The zero-order valence-corrected chi connectivity index (χ0v) is 19.7. The van der Waals surface area contributed by atoms with Gasteiger partial charge < -0.3 is 14.5 Å². The van der Waals surface area contributed by atoms with Gasteiger partial charge in [-0.1, -0.05) is 36.0 Å². The standard InChI is InChI=1S/C26H24N4O3S/c1-32-19-11-7-17(8-12-19)23-15-24(18-9-13-20(33-2)14-10-18)30(29-23)25(31)16-34-26-27-21-5-3-4-6-22(21)28-26/h3-14,24H,15-16H2,1-2H3,(H,27,28). The molecule has 0 fully saturated rings. The summed E-state index contributed by atoms with van der Waals surface area (Å²) in [5.74, 6) is 1.71. The van der Waals surface area contributed by atoms with Gasteiger partial charge in [-0.15, -0.1) is 0 Å². The van der Waals surface area contributed by atoms with Crippen molar-refractivity contribution in [3.05, 3.63) is 83.9 Å². The molecule has 4 aromatic rings. The van der Waals surface area contributed by atoms with Gasteiger partial charge in [-0.25, -0.2) is 9.99 Å². The molecule has 1 atom stereocenters. The van der Waals surface area contributed by atoms with Gasteiger partial charge in [-0.3, -0.25) is 4.79 Å². The number of amides is 1. The molecule has 0 bridgehead atoms. The summed E-state index contributed by atoms with van der Waals surface area (Å²) in [4.78, 5) is 21.2. The van der Waals surface area contributed by atoms with E-state index in [1.807, 2.05) is 72.8 Å². The number of hydrazone groups is 1. The Labute approximate surface area is 201 Å². The molecule has 5 rings (SSSR count). The second-order valence-electron chi connectivity index (χ2n) is 7.85. The number of fused-ring (bicyclic) bond motifs is 1. The van der Waals surface area contributed by atoms with Crippen molar-refractivity contribution in [2.24, 2.45) is 5.10 Å². The number of hydrogen-bond acceptors (Lipinski definition) is 6. The van der Waals surface area contributed by atoms with Crippen LogP contribution in [0.25, 0.3) is 11.0 Å². The van der Waals surface area contributed by atoms with E-state index in [9.17, 15) is 4.79 Å². The van der Waals surface area contributed by atoms with Crippen molar-refractivity contribution in [1.29, 1.82) is 0 Å². The number of thioether (sulfide) groups is 1. The van der Waals surface area contributed by atoms with Crippen LogP contribution in [0.3, 0.4) is 0 Å². The fraction of sp³-hybridized carbons (Fsp3) is 0.192. The fourth-order valence-electron chi connectivity index (χ4n) is 3.98. The zero-order valence-electron chi connectivity index (χ0n) is 18.9. The normalized spacial score (nSPS) is 15.4. The highest BCUT2D eigenvalue weighted by atomic mass is 32.2. The van der Waals surface area contributed by atoms with Crippen molar-refractivity contribution < 1.29 is 14.3 Å². The highest BCUT2D eigenvalue weighted by Gasteiger charge is 2.33. The van der Waals surface area contributed by atoms with E-state index in [1.165, 1.54) is 11.8 Å². The summed E-state index contributed by atoms with van der Waals surface area (Å²) in [7, 11) is 3.28. The number of para-hydroxylation sites is 2. The molecule has 172 valence electrons. The number of carbonyl (C=O) groups excluding carboxylic acids is 1. The van der Waals surface area contributed by atoms with Crippen LogP contribution in [0.15, 0.2) is 83.1 Å². The zero-order chi connectivity index (χ0) is 23.5. The van der Waals surface area contributed by atoms with Crippen LogP contribution in [0.4, 0.5) is 0 Å². The van der Waals surface area contributed by atoms with Gasteiger partial charge in [0, 0.05) is 6.42 Å². The molecule has 1 amide bonds. The van der Waals surface area contributed by atoms with E-state index in [4.69, 9.17) is 14.6 Å². The van der Waals surface area contributed by atoms with Gasteiger partial charge in [0.1, 0.15) is 11.5 Å². The average molecular weight is 473 g/mol. The number of aromatic amines is 1. The first-order valence-corrected chi connectivity index (χ1v) is 11.9. The maximum absolute atomic E-state index is 13.3. The molecule has 0 saturated heterocycles. The molecule has 1 aromatic heterocycles. The first kappa shape index (κ1) is 22.0. The number of nitrogens with one attached hydrogen (secondary N) is 1. The van der Waals surface area contributed by atoms with Crippen molar-refractivity contribution in [1.82, 2.24) is 15.0 Å². The molecule has 2 heterocycles. The highest BCUT2D eigenvalue weighted by Crippen LogP contribution is 2.34. The lowest BCUT2D eigenvalue weighted by Crippen LogP contribution is -2.28. The lowest BCUT2D eigenvalue weighted by molar-refractivity contribution is -0.130. The number of aromatic nitrogens is 2. The Balaban J connectivity index is 1.38. The largest absolute Gasteiger partial charge is 0.497 e. The second kappa shape index (κ2) is 9.61. The third-order valence-electron chi connectivity index (χ3n) is 5.79. The molecule has 34 heavy (non-hydrogen) atoms. The molecular formula is C26H24N4O3S. The van der Waals surface area contributed by atoms with Gasteiger partial charge in [0.15, 0.2) is 5.16 Å². The van der Waals surface area contributed by atoms with Gasteiger partial charge in [-0.05, 0) is 59.7 Å². The Morgan fingerprint density at radius 1 is 1.00 bits per heavy atom. The van der Waals surface area contributed by atoms with Crippen LogP contribution in [0, 0.1) is 0 Å². The lowest BCUT2D eigenvalue weighted by Gasteiger charge is -2.22. The molecule has 0 radical (unpaired) electrons. The first-order chi connectivity index (χ1) is 16.6. The molecule has 3 aromatic carbocycles. The number of rotatable bonds is 7. The molecule has 7 nitrogen and oxygen atoms in total. The minimum Gasteiger partial charge on any atom is -0.497 e. The monoisotopic (exact) mass is 472 g/mol. The molecule has 0 saturated carbocycles. The SMILES string of the molecule is COc1ccc(C2=NN(C(=O)CSc3nc4ccccc4[nH]3)C(c3ccc(OC)cc3)C2)cc1. The van der Waals surface area contributed by atoms with Crippen LogP contribution in [-0.4, -0.2) is 46.6 Å². The fourth-order valence-corrected chi connectivity index (χ4v) is 4.72. The summed E-state index contributed by atoms with van der Waals surface area (Å²) in [6.45, 7) is 0. The van der Waals surface area contributed by atoms with Crippen LogP contribution in [0.1, 0.15) is 23.6 Å². The Morgan fingerprint density at radius 2 is 1.68 bits per heavy atom. The second-order valence-corrected chi connectivity index (χ2v) is 8.82. The number of nitrogens with zero attached hydrogens (tertiary/aromatic N) is 3. The van der Waals surface area contributed by atoms with Crippen molar-refractivity contribution in [2.75, 3.05) is 20.0 Å². The maximum Gasteiger partial charge on any atom is 0.253 e. The summed E-state index contributed by atoms with van der Waals surface area (Å²) in [5, 5.41) is 7.08. The van der Waals surface area contributed by atoms with Crippen LogP contribution >= 0.6 is 11.8 Å². The number of benzene rings is 3. The Bertz CT molecular complexity index is 1300. The third-order valence-corrected chi connectivity index (χ3v) is 6.65. The minimum atomic E-state index is -0.188. The highest BCUT2D eigenvalue weighted by molar-refractivity contribution is 7.99. The number of carbonyl (C=O) groups is 1. The average Bonchev–Trinajstić information content (AvgIpc) is 3.52. The molecule has 0 aliphatic carbocycles. The summed E-state index contributed by atoms with van der Waals surface area (Å²) >= 11 is 1.38. The van der Waals surface area contributed by atoms with E-state index in [0.29, 0.717) is 11.6 Å². The predicted octanol–water partition coefficient (Wildman–Crippen LogP) is 5.05. The Kier molecular flexibility index (Phi) is 6.22. The van der Waals surface area contributed by atoms with Gasteiger partial charge in [0.2, 0.25) is 0 Å². The first-order valence-electron chi connectivity index (χ1n) is 10.9. The summed E-state index contributed by atoms with van der Waals surface area (Å²) in [5.41, 5.74) is 4.68. The van der Waals surface area contributed by atoms with Crippen molar-refractivity contribution in [3.8, 4) is 11.5 Å². The smallest absolute Gasteiger partial charge is 0.253 e. The number of hydrogen-bond donors (Lipinski definition) is 1. The molecule has 1 unspecified atom stereocenters. The van der Waals surface area contributed by atoms with E-state index < -0.39 is 0 Å². The number of ether oxygens (including phenoxy) is 2. The molecular weight excluding hydrogens is 448 g/mol. The van der Waals surface area contributed by atoms with Crippen molar-refractivity contribution >= 4 is 34.4 Å². The summed E-state index contributed by atoms with van der Waals surface area (Å²) < 4.78 is 10.6. The predicted molar refractivity (Wildman–Crippen MR) is 134 cm³/mol. The van der Waals surface area contributed by atoms with Crippen LogP contribution in [0.2, 0.25) is 0 Å².